The second-order valence-corrected chi connectivity index (χ2v) is 3.98. The van der Waals surface area contributed by atoms with E-state index in [9.17, 15) is 18.0 Å². The van der Waals surface area contributed by atoms with Gasteiger partial charge < -0.3 is 0 Å². The van der Waals surface area contributed by atoms with Crippen molar-refractivity contribution in [2.75, 3.05) is 0 Å². The van der Waals surface area contributed by atoms with Crippen molar-refractivity contribution in [1.82, 2.24) is 4.98 Å². The highest BCUT2D eigenvalue weighted by atomic mass is 79.9. The molecule has 0 amide bonds. The molecule has 0 radical (unpaired) electrons. The summed E-state index contributed by atoms with van der Waals surface area (Å²) in [6.07, 6.45) is -3.74. The molecular weight excluding hydrogens is 331 g/mol. The zero-order chi connectivity index (χ0) is 10.9. The van der Waals surface area contributed by atoms with Gasteiger partial charge in [-0.2, -0.15) is 13.2 Å². The van der Waals surface area contributed by atoms with Gasteiger partial charge in [-0.3, -0.25) is 4.79 Å². The number of pyridine rings is 1. The second-order valence-electron chi connectivity index (χ2n) is 2.31. The Hall–Kier alpha value is -0.430. The Balaban J connectivity index is 3.19. The number of nitrogens with zero attached hydrogens (tertiary/aromatic N) is 1. The fourth-order valence-corrected chi connectivity index (χ4v) is 1.47. The maximum atomic E-state index is 12.0. The average molecular weight is 333 g/mol. The van der Waals surface area contributed by atoms with E-state index < -0.39 is 17.5 Å². The smallest absolute Gasteiger partial charge is 0.284 e. The van der Waals surface area contributed by atoms with E-state index in [0.29, 0.717) is 0 Å². The molecule has 0 spiro atoms. The van der Waals surface area contributed by atoms with Gasteiger partial charge in [0.1, 0.15) is 4.60 Å². The number of hydrogen-bond donors (Lipinski definition) is 0. The van der Waals surface area contributed by atoms with Crippen molar-refractivity contribution in [2.45, 2.75) is 6.18 Å². The molecule has 0 unspecified atom stereocenters. The van der Waals surface area contributed by atoms with Crippen LogP contribution in [0.25, 0.3) is 0 Å². The summed E-state index contributed by atoms with van der Waals surface area (Å²) in [5, 5.41) is 0. The Morgan fingerprint density at radius 1 is 1.36 bits per heavy atom. The predicted octanol–water partition coefficient (Wildman–Crippen LogP) is 3.35. The van der Waals surface area contributed by atoms with Crippen LogP contribution in [0.2, 0.25) is 0 Å². The summed E-state index contributed by atoms with van der Waals surface area (Å²) in [6.45, 7) is 0. The van der Waals surface area contributed by atoms with Crippen LogP contribution in [0, 0.1) is 0 Å². The number of rotatable bonds is 1. The number of Topliss-reactive ketones (excluding diaryl/α,β-unsaturated/α-hetero) is 1. The summed E-state index contributed by atoms with van der Waals surface area (Å²) in [5.41, 5.74) is -0.459. The minimum Gasteiger partial charge on any atom is -0.284 e. The van der Waals surface area contributed by atoms with Crippen LogP contribution >= 0.6 is 31.9 Å². The van der Waals surface area contributed by atoms with E-state index in [1.165, 1.54) is 0 Å². The first-order valence-corrected chi connectivity index (χ1v) is 4.83. The van der Waals surface area contributed by atoms with E-state index in [-0.39, 0.29) is 9.08 Å². The lowest BCUT2D eigenvalue weighted by molar-refractivity contribution is -0.0885. The highest BCUT2D eigenvalue weighted by Gasteiger charge is 2.40. The number of carbonyl (C=O) groups is 1. The average Bonchev–Trinajstić information content (AvgIpc) is 2.06. The van der Waals surface area contributed by atoms with Gasteiger partial charge in [-0.1, -0.05) is 0 Å². The summed E-state index contributed by atoms with van der Waals surface area (Å²) in [4.78, 5) is 14.5. The van der Waals surface area contributed by atoms with Gasteiger partial charge in [0, 0.05) is 16.2 Å². The molecule has 0 bridgehead atoms. The van der Waals surface area contributed by atoms with E-state index >= 15 is 0 Å². The molecule has 0 aliphatic heterocycles. The minimum absolute atomic E-state index is 0.0167. The minimum atomic E-state index is -4.87. The molecular formula is C7H2Br2F3NO. The molecule has 2 nitrogen and oxygen atoms in total. The lowest BCUT2D eigenvalue weighted by atomic mass is 10.2. The summed E-state index contributed by atoms with van der Waals surface area (Å²) < 4.78 is 36.3. The molecule has 0 saturated heterocycles. The lowest BCUT2D eigenvalue weighted by Gasteiger charge is -2.06. The molecule has 1 heterocycles. The Labute approximate surface area is 93.8 Å². The first-order valence-electron chi connectivity index (χ1n) is 3.25. The lowest BCUT2D eigenvalue weighted by Crippen LogP contribution is -2.23. The summed E-state index contributed by atoms with van der Waals surface area (Å²) >= 11 is 5.70. The molecule has 1 aromatic heterocycles. The Morgan fingerprint density at radius 2 is 1.93 bits per heavy atom. The predicted molar refractivity (Wildman–Crippen MR) is 50.0 cm³/mol. The number of halogens is 5. The van der Waals surface area contributed by atoms with Gasteiger partial charge in [-0.05, 0) is 37.9 Å². The summed E-state index contributed by atoms with van der Waals surface area (Å²) in [5.74, 6) is -1.90. The molecule has 0 atom stereocenters. The fourth-order valence-electron chi connectivity index (χ4n) is 0.740. The van der Waals surface area contributed by atoms with Gasteiger partial charge in [0.15, 0.2) is 0 Å². The van der Waals surface area contributed by atoms with E-state index in [1.807, 2.05) is 0 Å². The van der Waals surface area contributed by atoms with Gasteiger partial charge in [0.25, 0.3) is 5.78 Å². The number of hydrogen-bond acceptors (Lipinski definition) is 2. The topological polar surface area (TPSA) is 30.0 Å². The normalized spacial score (nSPS) is 11.5. The molecule has 0 N–H and O–H groups in total. The molecule has 0 aliphatic rings. The van der Waals surface area contributed by atoms with Crippen LogP contribution in [0.15, 0.2) is 21.3 Å². The van der Waals surface area contributed by atoms with Crippen LogP contribution in [-0.4, -0.2) is 16.9 Å². The summed E-state index contributed by atoms with van der Waals surface area (Å²) in [6, 6.07) is 1.01. The van der Waals surface area contributed by atoms with E-state index in [2.05, 4.69) is 36.8 Å². The molecule has 0 fully saturated rings. The van der Waals surface area contributed by atoms with Crippen molar-refractivity contribution >= 4 is 37.6 Å². The van der Waals surface area contributed by atoms with E-state index in [1.54, 1.807) is 0 Å². The molecule has 0 saturated carbocycles. The van der Waals surface area contributed by atoms with Gasteiger partial charge >= 0.3 is 6.18 Å². The number of carbonyl (C=O) groups excluding carboxylic acids is 1. The number of aromatic nitrogens is 1. The van der Waals surface area contributed by atoms with Gasteiger partial charge in [-0.15, -0.1) is 0 Å². The van der Waals surface area contributed by atoms with E-state index in [0.717, 1.165) is 12.3 Å². The third-order valence-electron chi connectivity index (χ3n) is 1.32. The fraction of sp³-hybridized carbons (Fsp3) is 0.143. The molecule has 76 valence electrons. The maximum absolute atomic E-state index is 12.0. The standard InChI is InChI=1S/C7H2Br2F3NO/c8-4-2-13-5(9)1-3(4)6(14)7(10,11)12/h1-2H. The summed E-state index contributed by atoms with van der Waals surface area (Å²) in [7, 11) is 0. The molecule has 7 heteroatoms. The van der Waals surface area contributed by atoms with E-state index in [4.69, 9.17) is 0 Å². The van der Waals surface area contributed by atoms with Crippen LogP contribution in [0.1, 0.15) is 10.4 Å². The first-order chi connectivity index (χ1) is 6.32. The highest BCUT2D eigenvalue weighted by molar-refractivity contribution is 9.11. The van der Waals surface area contributed by atoms with Gasteiger partial charge in [0.05, 0.1) is 0 Å². The SMILES string of the molecule is O=C(c1cc(Br)ncc1Br)C(F)(F)F. The van der Waals surface area contributed by atoms with Crippen LogP contribution in [0.3, 0.4) is 0 Å². The largest absolute Gasteiger partial charge is 0.454 e. The molecule has 1 aromatic rings. The van der Waals surface area contributed by atoms with Gasteiger partial charge in [0.2, 0.25) is 0 Å². The molecule has 1 rings (SSSR count). The van der Waals surface area contributed by atoms with Crippen LogP contribution in [0.4, 0.5) is 13.2 Å². The Kier molecular flexibility index (Phi) is 3.31. The number of ketones is 1. The third-order valence-corrected chi connectivity index (χ3v) is 2.39. The first kappa shape index (κ1) is 11.6. The maximum Gasteiger partial charge on any atom is 0.454 e. The third kappa shape index (κ3) is 2.54. The molecule has 14 heavy (non-hydrogen) atoms. The Morgan fingerprint density at radius 3 is 2.43 bits per heavy atom. The van der Waals surface area contributed by atoms with Gasteiger partial charge in [-0.25, -0.2) is 4.98 Å². The Bertz CT molecular complexity index is 378. The molecule has 0 aliphatic carbocycles. The van der Waals surface area contributed by atoms with Crippen molar-refractivity contribution in [2.24, 2.45) is 0 Å². The van der Waals surface area contributed by atoms with Crippen molar-refractivity contribution in [1.29, 1.82) is 0 Å². The van der Waals surface area contributed by atoms with Crippen molar-refractivity contribution < 1.29 is 18.0 Å². The molecule has 0 aromatic carbocycles. The zero-order valence-electron chi connectivity index (χ0n) is 6.40. The van der Waals surface area contributed by atoms with Crippen LogP contribution < -0.4 is 0 Å². The van der Waals surface area contributed by atoms with Crippen molar-refractivity contribution in [3.05, 3.63) is 26.9 Å². The van der Waals surface area contributed by atoms with Crippen LogP contribution in [-0.2, 0) is 0 Å². The van der Waals surface area contributed by atoms with Crippen LogP contribution in [0.5, 0.6) is 0 Å². The number of alkyl halides is 3. The highest BCUT2D eigenvalue weighted by Crippen LogP contribution is 2.27. The quantitative estimate of drug-likeness (QED) is 0.583. The zero-order valence-corrected chi connectivity index (χ0v) is 9.57. The second kappa shape index (κ2) is 3.98. The monoisotopic (exact) mass is 331 g/mol. The van der Waals surface area contributed by atoms with Crippen molar-refractivity contribution in [3.63, 3.8) is 0 Å². The van der Waals surface area contributed by atoms with Crippen molar-refractivity contribution in [3.8, 4) is 0 Å².